The fourth-order valence-electron chi connectivity index (χ4n) is 1.65. The first-order chi connectivity index (χ1) is 9.20. The van der Waals surface area contributed by atoms with Gasteiger partial charge in [0.05, 0.1) is 10.7 Å². The number of hydrogen-bond donors (Lipinski definition) is 1. The minimum Gasteiger partial charge on any atom is -0.305 e. The Kier molecular flexibility index (Phi) is 3.27. The van der Waals surface area contributed by atoms with Gasteiger partial charge in [0.1, 0.15) is 5.65 Å². The Hall–Kier alpha value is -1.79. The van der Waals surface area contributed by atoms with Gasteiger partial charge in [0, 0.05) is 30.4 Å². The Morgan fingerprint density at radius 3 is 3.05 bits per heavy atom. The third kappa shape index (κ3) is 2.80. The first-order valence-electron chi connectivity index (χ1n) is 5.52. The fraction of sp³-hybridized carbons (Fsp3) is 0.0833. The standard InChI is InChI=1S/C12H9ClN4OS/c13-8-1-2-10-15-9(6-17(10)5-8)7-19-12-14-4-3-11(18)16-12/h1-6H,7H2,(H,14,16,18). The van der Waals surface area contributed by atoms with Crippen LogP contribution in [-0.2, 0) is 5.75 Å². The monoisotopic (exact) mass is 292 g/mol. The number of pyridine rings is 1. The van der Waals surface area contributed by atoms with Crippen molar-refractivity contribution in [3.63, 3.8) is 0 Å². The van der Waals surface area contributed by atoms with Crippen LogP contribution in [0, 0.1) is 0 Å². The summed E-state index contributed by atoms with van der Waals surface area (Å²) >= 11 is 7.35. The van der Waals surface area contributed by atoms with Gasteiger partial charge in [-0.05, 0) is 12.1 Å². The van der Waals surface area contributed by atoms with E-state index in [0.717, 1.165) is 11.3 Å². The number of halogens is 1. The summed E-state index contributed by atoms with van der Waals surface area (Å²) in [6, 6.07) is 5.05. The number of H-pyrrole nitrogens is 1. The lowest BCUT2D eigenvalue weighted by Crippen LogP contribution is -2.05. The summed E-state index contributed by atoms with van der Waals surface area (Å²) in [7, 11) is 0. The van der Waals surface area contributed by atoms with Gasteiger partial charge in [0.15, 0.2) is 5.16 Å². The summed E-state index contributed by atoms with van der Waals surface area (Å²) in [5.41, 5.74) is 1.59. The van der Waals surface area contributed by atoms with Gasteiger partial charge in [-0.25, -0.2) is 9.97 Å². The van der Waals surface area contributed by atoms with Crippen LogP contribution in [0.5, 0.6) is 0 Å². The largest absolute Gasteiger partial charge is 0.305 e. The van der Waals surface area contributed by atoms with E-state index in [4.69, 9.17) is 11.6 Å². The second-order valence-electron chi connectivity index (χ2n) is 3.87. The van der Waals surface area contributed by atoms with Crippen LogP contribution in [0.3, 0.4) is 0 Å². The van der Waals surface area contributed by atoms with Crippen molar-refractivity contribution in [3.8, 4) is 0 Å². The van der Waals surface area contributed by atoms with Crippen molar-refractivity contribution in [1.82, 2.24) is 19.4 Å². The number of aromatic amines is 1. The Morgan fingerprint density at radius 2 is 2.21 bits per heavy atom. The molecule has 3 rings (SSSR count). The molecule has 0 unspecified atom stereocenters. The highest BCUT2D eigenvalue weighted by molar-refractivity contribution is 7.98. The SMILES string of the molecule is O=c1ccnc(SCc2cn3cc(Cl)ccc3n2)[nH]1. The predicted molar refractivity (Wildman–Crippen MR) is 74.6 cm³/mol. The average molecular weight is 293 g/mol. The number of rotatable bonds is 3. The summed E-state index contributed by atoms with van der Waals surface area (Å²) in [4.78, 5) is 22.3. The van der Waals surface area contributed by atoms with E-state index in [1.165, 1.54) is 24.0 Å². The zero-order valence-electron chi connectivity index (χ0n) is 9.71. The number of thioether (sulfide) groups is 1. The maximum absolute atomic E-state index is 11.1. The van der Waals surface area contributed by atoms with Crippen LogP contribution in [-0.4, -0.2) is 19.4 Å². The third-order valence-electron chi connectivity index (χ3n) is 2.47. The number of nitrogens with one attached hydrogen (secondary N) is 1. The van der Waals surface area contributed by atoms with E-state index in [-0.39, 0.29) is 5.56 Å². The van der Waals surface area contributed by atoms with Gasteiger partial charge in [-0.1, -0.05) is 23.4 Å². The summed E-state index contributed by atoms with van der Waals surface area (Å²) in [5, 5.41) is 1.25. The van der Waals surface area contributed by atoms with Crippen LogP contribution in [0.4, 0.5) is 0 Å². The molecule has 0 bridgehead atoms. The van der Waals surface area contributed by atoms with Gasteiger partial charge in [-0.2, -0.15) is 0 Å². The normalized spacial score (nSPS) is 11.0. The van der Waals surface area contributed by atoms with E-state index < -0.39 is 0 Å². The van der Waals surface area contributed by atoms with E-state index in [1.807, 2.05) is 16.7 Å². The Labute approximate surface area is 117 Å². The molecule has 0 aromatic carbocycles. The highest BCUT2D eigenvalue weighted by Gasteiger charge is 2.04. The van der Waals surface area contributed by atoms with Gasteiger partial charge in [-0.15, -0.1) is 0 Å². The Morgan fingerprint density at radius 1 is 1.32 bits per heavy atom. The molecule has 0 aliphatic carbocycles. The van der Waals surface area contributed by atoms with Crippen LogP contribution in [0.15, 0.2) is 46.7 Å². The third-order valence-corrected chi connectivity index (χ3v) is 3.61. The number of hydrogen-bond acceptors (Lipinski definition) is 4. The minimum absolute atomic E-state index is 0.153. The Bertz CT molecular complexity index is 782. The van der Waals surface area contributed by atoms with Crippen LogP contribution < -0.4 is 5.56 Å². The fourth-order valence-corrected chi connectivity index (χ4v) is 2.55. The molecule has 0 saturated heterocycles. The second-order valence-corrected chi connectivity index (χ2v) is 5.27. The zero-order chi connectivity index (χ0) is 13.2. The zero-order valence-corrected chi connectivity index (χ0v) is 11.3. The molecule has 0 fully saturated rings. The van der Waals surface area contributed by atoms with Gasteiger partial charge in [0.25, 0.3) is 5.56 Å². The highest BCUT2D eigenvalue weighted by Crippen LogP contribution is 2.18. The predicted octanol–water partition coefficient (Wildman–Crippen LogP) is 2.36. The second kappa shape index (κ2) is 5.07. The van der Waals surface area contributed by atoms with Crippen molar-refractivity contribution >= 4 is 29.0 Å². The lowest BCUT2D eigenvalue weighted by Gasteiger charge is -1.96. The van der Waals surface area contributed by atoms with Crippen LogP contribution in [0.1, 0.15) is 5.69 Å². The summed E-state index contributed by atoms with van der Waals surface area (Å²) < 4.78 is 1.87. The van der Waals surface area contributed by atoms with Crippen molar-refractivity contribution in [2.24, 2.45) is 0 Å². The lowest BCUT2D eigenvalue weighted by atomic mass is 10.5. The van der Waals surface area contributed by atoms with Gasteiger partial charge < -0.3 is 9.38 Å². The molecular formula is C12H9ClN4OS. The molecule has 7 heteroatoms. The number of aromatic nitrogens is 4. The molecule has 0 aliphatic heterocycles. The number of nitrogens with zero attached hydrogens (tertiary/aromatic N) is 3. The van der Waals surface area contributed by atoms with E-state index >= 15 is 0 Å². The molecule has 1 N–H and O–H groups in total. The highest BCUT2D eigenvalue weighted by atomic mass is 35.5. The molecule has 19 heavy (non-hydrogen) atoms. The van der Waals surface area contributed by atoms with Crippen molar-refractivity contribution in [2.45, 2.75) is 10.9 Å². The molecule has 0 saturated carbocycles. The summed E-state index contributed by atoms with van der Waals surface area (Å²) in [6.45, 7) is 0. The molecule has 0 amide bonds. The molecule has 0 radical (unpaired) electrons. The average Bonchev–Trinajstić information content (AvgIpc) is 2.78. The molecule has 3 heterocycles. The van der Waals surface area contributed by atoms with E-state index in [1.54, 1.807) is 12.3 Å². The molecule has 5 nitrogen and oxygen atoms in total. The van der Waals surface area contributed by atoms with Crippen molar-refractivity contribution < 1.29 is 0 Å². The van der Waals surface area contributed by atoms with Gasteiger partial charge >= 0.3 is 0 Å². The number of imidazole rings is 1. The van der Waals surface area contributed by atoms with Crippen molar-refractivity contribution in [2.75, 3.05) is 0 Å². The first kappa shape index (κ1) is 12.3. The van der Waals surface area contributed by atoms with Crippen LogP contribution in [0.25, 0.3) is 5.65 Å². The maximum atomic E-state index is 11.1. The van der Waals surface area contributed by atoms with Crippen molar-refractivity contribution in [3.05, 3.63) is 57.9 Å². The van der Waals surface area contributed by atoms with Crippen LogP contribution >= 0.6 is 23.4 Å². The molecule has 0 atom stereocenters. The molecule has 0 spiro atoms. The van der Waals surface area contributed by atoms with Crippen molar-refractivity contribution in [1.29, 1.82) is 0 Å². The summed E-state index contributed by atoms with van der Waals surface area (Å²) in [5.74, 6) is 0.631. The molecule has 3 aromatic heterocycles. The van der Waals surface area contributed by atoms with Gasteiger partial charge in [-0.3, -0.25) is 4.79 Å². The first-order valence-corrected chi connectivity index (χ1v) is 6.88. The smallest absolute Gasteiger partial charge is 0.251 e. The lowest BCUT2D eigenvalue weighted by molar-refractivity contribution is 0.935. The Balaban J connectivity index is 1.80. The quantitative estimate of drug-likeness (QED) is 0.594. The molecule has 96 valence electrons. The minimum atomic E-state index is -0.153. The molecular weight excluding hydrogens is 284 g/mol. The van der Waals surface area contributed by atoms with E-state index in [0.29, 0.717) is 15.9 Å². The van der Waals surface area contributed by atoms with E-state index in [2.05, 4.69) is 15.0 Å². The van der Waals surface area contributed by atoms with E-state index in [9.17, 15) is 4.79 Å². The summed E-state index contributed by atoms with van der Waals surface area (Å²) in [6.07, 6.45) is 5.21. The van der Waals surface area contributed by atoms with Crippen LogP contribution in [0.2, 0.25) is 5.02 Å². The van der Waals surface area contributed by atoms with Gasteiger partial charge in [0.2, 0.25) is 0 Å². The maximum Gasteiger partial charge on any atom is 0.251 e. The molecule has 0 aliphatic rings. The number of fused-ring (bicyclic) bond motifs is 1. The topological polar surface area (TPSA) is 63.1 Å². The molecule has 3 aromatic rings.